The van der Waals surface area contributed by atoms with E-state index in [0.717, 1.165) is 6.21 Å². The van der Waals surface area contributed by atoms with Crippen LogP contribution < -0.4 is 5.73 Å². The first kappa shape index (κ1) is 7.81. The van der Waals surface area contributed by atoms with Gasteiger partial charge >= 0.3 is 0 Å². The molecule has 0 heterocycles. The second-order valence-electron chi connectivity index (χ2n) is 1.41. The minimum absolute atomic E-state index is 0.199. The molecule has 2 N–H and O–H groups in total. The SMILES string of the molecule is NC(=O)CCN=CC=O. The number of carbonyl (C=O) groups excluding carboxylic acids is 2. The van der Waals surface area contributed by atoms with E-state index in [1.165, 1.54) is 0 Å². The number of primary amides is 1. The molecule has 1 amide bonds. The number of rotatable bonds is 4. The molecule has 4 nitrogen and oxygen atoms in total. The molecule has 0 bridgehead atoms. The van der Waals surface area contributed by atoms with Gasteiger partial charge in [-0.1, -0.05) is 0 Å². The van der Waals surface area contributed by atoms with Gasteiger partial charge in [-0.15, -0.1) is 0 Å². The van der Waals surface area contributed by atoms with Crippen LogP contribution in [0.25, 0.3) is 0 Å². The van der Waals surface area contributed by atoms with Crippen molar-refractivity contribution >= 4 is 18.4 Å². The van der Waals surface area contributed by atoms with Crippen molar-refractivity contribution in [1.29, 1.82) is 0 Å². The Bertz CT molecular complexity index is 131. The molecule has 0 aliphatic heterocycles. The predicted octanol–water partition coefficient (Wildman–Crippen LogP) is -0.869. The molecule has 0 atom stereocenters. The highest BCUT2D eigenvalue weighted by molar-refractivity contribution is 6.12. The van der Waals surface area contributed by atoms with Gasteiger partial charge in [0.1, 0.15) is 0 Å². The standard InChI is InChI=1S/C5H8N2O2/c6-5(9)1-2-7-3-4-8/h3-4H,1-2H2,(H2,6,9). The van der Waals surface area contributed by atoms with Gasteiger partial charge in [0.15, 0.2) is 6.29 Å². The minimum atomic E-state index is -0.405. The van der Waals surface area contributed by atoms with Crippen LogP contribution >= 0.6 is 0 Å². The normalized spacial score (nSPS) is 9.78. The first-order valence-electron chi connectivity index (χ1n) is 2.49. The van der Waals surface area contributed by atoms with Crippen LogP contribution in [0, 0.1) is 0 Å². The first-order chi connectivity index (χ1) is 4.27. The zero-order valence-corrected chi connectivity index (χ0v) is 4.91. The Labute approximate surface area is 52.8 Å². The van der Waals surface area contributed by atoms with Crippen molar-refractivity contribution in [3.63, 3.8) is 0 Å². The second kappa shape index (κ2) is 4.96. The summed E-state index contributed by atoms with van der Waals surface area (Å²) < 4.78 is 0. The Morgan fingerprint density at radius 2 is 2.33 bits per heavy atom. The zero-order valence-electron chi connectivity index (χ0n) is 4.91. The molecule has 0 radical (unpaired) electrons. The van der Waals surface area contributed by atoms with Crippen LogP contribution in [-0.4, -0.2) is 25.0 Å². The fourth-order valence-electron chi connectivity index (χ4n) is 0.292. The van der Waals surface area contributed by atoms with Crippen molar-refractivity contribution in [2.24, 2.45) is 10.7 Å². The Balaban J connectivity index is 3.19. The fraction of sp³-hybridized carbons (Fsp3) is 0.400. The maximum absolute atomic E-state index is 10.0. The second-order valence-corrected chi connectivity index (χ2v) is 1.41. The Morgan fingerprint density at radius 1 is 1.67 bits per heavy atom. The van der Waals surface area contributed by atoms with E-state index in [1.54, 1.807) is 0 Å². The van der Waals surface area contributed by atoms with E-state index in [9.17, 15) is 9.59 Å². The number of hydrogen-bond acceptors (Lipinski definition) is 3. The lowest BCUT2D eigenvalue weighted by Gasteiger charge is -1.85. The average molecular weight is 128 g/mol. The highest BCUT2D eigenvalue weighted by Gasteiger charge is 1.88. The summed E-state index contributed by atoms with van der Waals surface area (Å²) in [5.41, 5.74) is 4.77. The van der Waals surface area contributed by atoms with Gasteiger partial charge in [0, 0.05) is 13.0 Å². The third-order valence-corrected chi connectivity index (χ3v) is 0.654. The molecule has 0 aliphatic carbocycles. The van der Waals surface area contributed by atoms with E-state index >= 15 is 0 Å². The summed E-state index contributed by atoms with van der Waals surface area (Å²) in [6, 6.07) is 0. The maximum Gasteiger partial charge on any atom is 0.219 e. The van der Waals surface area contributed by atoms with Crippen LogP contribution in [0.4, 0.5) is 0 Å². The molecule has 0 spiro atoms. The molecule has 0 rings (SSSR count). The fourth-order valence-corrected chi connectivity index (χ4v) is 0.292. The summed E-state index contributed by atoms with van der Waals surface area (Å²) in [7, 11) is 0. The van der Waals surface area contributed by atoms with Gasteiger partial charge in [0.25, 0.3) is 0 Å². The largest absolute Gasteiger partial charge is 0.370 e. The van der Waals surface area contributed by atoms with E-state index in [0.29, 0.717) is 12.8 Å². The number of carbonyl (C=O) groups is 2. The number of nitrogens with two attached hydrogens (primary N) is 1. The van der Waals surface area contributed by atoms with Crippen molar-refractivity contribution in [2.75, 3.05) is 6.54 Å². The molecule has 0 fully saturated rings. The molecule has 0 aromatic rings. The monoisotopic (exact) mass is 128 g/mol. The minimum Gasteiger partial charge on any atom is -0.370 e. The van der Waals surface area contributed by atoms with Crippen molar-refractivity contribution in [2.45, 2.75) is 6.42 Å². The molecule has 0 aliphatic rings. The third kappa shape index (κ3) is 6.81. The third-order valence-electron chi connectivity index (χ3n) is 0.654. The molecule has 0 aromatic heterocycles. The molecule has 50 valence electrons. The lowest BCUT2D eigenvalue weighted by atomic mass is 10.4. The molecule has 0 saturated heterocycles. The van der Waals surface area contributed by atoms with Gasteiger partial charge in [-0.25, -0.2) is 0 Å². The molecular weight excluding hydrogens is 120 g/mol. The number of aliphatic imine (C=N–C) groups is 1. The summed E-state index contributed by atoms with van der Waals surface area (Å²) in [5.74, 6) is -0.405. The van der Waals surface area contributed by atoms with E-state index in [-0.39, 0.29) is 6.42 Å². The highest BCUT2D eigenvalue weighted by atomic mass is 16.1. The number of amides is 1. The van der Waals surface area contributed by atoms with Gasteiger partial charge in [-0.2, -0.15) is 0 Å². The van der Waals surface area contributed by atoms with Gasteiger partial charge in [0.05, 0.1) is 6.21 Å². The number of hydrogen-bond donors (Lipinski definition) is 1. The molecule has 0 saturated carbocycles. The summed E-state index contributed by atoms with van der Waals surface area (Å²) in [6.45, 7) is 0.300. The number of nitrogens with zero attached hydrogens (tertiary/aromatic N) is 1. The van der Waals surface area contributed by atoms with Crippen molar-refractivity contribution in [3.8, 4) is 0 Å². The summed E-state index contributed by atoms with van der Waals surface area (Å²) in [5, 5.41) is 0. The quantitative estimate of drug-likeness (QED) is 0.395. The van der Waals surface area contributed by atoms with Gasteiger partial charge in [0.2, 0.25) is 5.91 Å². The van der Waals surface area contributed by atoms with Crippen LogP contribution in [0.15, 0.2) is 4.99 Å². The van der Waals surface area contributed by atoms with Crippen LogP contribution in [0.2, 0.25) is 0 Å². The average Bonchev–Trinajstić information content (AvgIpc) is 1.80. The van der Waals surface area contributed by atoms with Crippen LogP contribution in [0.1, 0.15) is 6.42 Å². The van der Waals surface area contributed by atoms with E-state index in [1.807, 2.05) is 0 Å². The van der Waals surface area contributed by atoms with Gasteiger partial charge in [-0.3, -0.25) is 14.6 Å². The number of aldehydes is 1. The summed E-state index contributed by atoms with van der Waals surface area (Å²) in [6.07, 6.45) is 1.86. The van der Waals surface area contributed by atoms with Gasteiger partial charge < -0.3 is 5.73 Å². The lowest BCUT2D eigenvalue weighted by Crippen LogP contribution is -2.11. The van der Waals surface area contributed by atoms with Crippen molar-refractivity contribution in [3.05, 3.63) is 0 Å². The Hall–Kier alpha value is -1.19. The molecule has 9 heavy (non-hydrogen) atoms. The molecule has 4 heteroatoms. The lowest BCUT2D eigenvalue weighted by molar-refractivity contribution is -0.117. The predicted molar refractivity (Wildman–Crippen MR) is 33.2 cm³/mol. The van der Waals surface area contributed by atoms with Crippen LogP contribution in [-0.2, 0) is 9.59 Å². The van der Waals surface area contributed by atoms with E-state index < -0.39 is 5.91 Å². The van der Waals surface area contributed by atoms with Crippen molar-refractivity contribution < 1.29 is 9.59 Å². The highest BCUT2D eigenvalue weighted by Crippen LogP contribution is 1.75. The van der Waals surface area contributed by atoms with Gasteiger partial charge in [-0.05, 0) is 0 Å². The Kier molecular flexibility index (Phi) is 4.30. The zero-order chi connectivity index (χ0) is 7.11. The van der Waals surface area contributed by atoms with Crippen molar-refractivity contribution in [1.82, 2.24) is 0 Å². The molecule has 0 aromatic carbocycles. The summed E-state index contributed by atoms with van der Waals surface area (Å²) in [4.78, 5) is 23.1. The van der Waals surface area contributed by atoms with E-state index in [4.69, 9.17) is 5.73 Å². The Morgan fingerprint density at radius 3 is 2.78 bits per heavy atom. The van der Waals surface area contributed by atoms with Crippen LogP contribution in [0.3, 0.4) is 0 Å². The maximum atomic E-state index is 10.0. The van der Waals surface area contributed by atoms with E-state index in [2.05, 4.69) is 4.99 Å². The summed E-state index contributed by atoms with van der Waals surface area (Å²) >= 11 is 0. The molecular formula is C5H8N2O2. The molecule has 0 unspecified atom stereocenters. The van der Waals surface area contributed by atoms with Crippen LogP contribution in [0.5, 0.6) is 0 Å². The smallest absolute Gasteiger partial charge is 0.219 e. The topological polar surface area (TPSA) is 72.5 Å². The first-order valence-corrected chi connectivity index (χ1v) is 2.49.